The molecule has 0 aromatic rings. The van der Waals surface area contributed by atoms with Crippen LogP contribution in [0.15, 0.2) is 0 Å². The normalized spacial score (nSPS) is 12.5. The molecule has 0 fully saturated rings. The summed E-state index contributed by atoms with van der Waals surface area (Å²) in [5.74, 6) is 0.889. The fourth-order valence-electron chi connectivity index (χ4n) is 7.90. The predicted molar refractivity (Wildman–Crippen MR) is 245 cm³/mol. The molecule has 2 atom stereocenters. The molecule has 0 radical (unpaired) electrons. The summed E-state index contributed by atoms with van der Waals surface area (Å²) in [6, 6.07) is 0. The molecule has 0 saturated heterocycles. The standard InChI is InChI=1S/C50H99NO7/c1-5-9-13-17-20-27-37-47(35-25-16-12-8-4)45-57-49(53)55-43-33-23-30-40-51(39-29-22-32-42-52)41-31-24-34-44-56-50(54)58-46-48(36-26-19-15-11-7-3)38-28-21-18-14-10-6-2/h47-48,52H,5-46H2,1-4H3. The van der Waals surface area contributed by atoms with Crippen LogP contribution in [0.3, 0.4) is 0 Å². The number of nitrogens with zero attached hydrogens (tertiary/aromatic N) is 1. The number of hydrogen-bond acceptors (Lipinski definition) is 8. The Bertz CT molecular complexity index is 843. The van der Waals surface area contributed by atoms with Crippen LogP contribution in [-0.2, 0) is 18.9 Å². The number of ether oxygens (including phenoxy) is 4. The van der Waals surface area contributed by atoms with E-state index in [0.717, 1.165) is 103 Å². The predicted octanol–water partition coefficient (Wildman–Crippen LogP) is 15.2. The second-order valence-corrected chi connectivity index (χ2v) is 17.5. The van der Waals surface area contributed by atoms with Gasteiger partial charge in [-0.3, -0.25) is 0 Å². The molecule has 0 rings (SSSR count). The van der Waals surface area contributed by atoms with Gasteiger partial charge in [0.2, 0.25) is 0 Å². The van der Waals surface area contributed by atoms with Gasteiger partial charge in [0, 0.05) is 6.61 Å². The van der Waals surface area contributed by atoms with Gasteiger partial charge in [0.1, 0.15) is 0 Å². The van der Waals surface area contributed by atoms with Gasteiger partial charge in [-0.1, -0.05) is 163 Å². The molecule has 0 aromatic carbocycles. The summed E-state index contributed by atoms with van der Waals surface area (Å²) in [5.41, 5.74) is 0. The highest BCUT2D eigenvalue weighted by Gasteiger charge is 2.15. The van der Waals surface area contributed by atoms with Crippen LogP contribution in [0.1, 0.15) is 246 Å². The number of aliphatic hydroxyl groups is 1. The molecule has 58 heavy (non-hydrogen) atoms. The third-order valence-corrected chi connectivity index (χ3v) is 11.8. The van der Waals surface area contributed by atoms with Crippen LogP contribution in [-0.4, -0.2) is 75.0 Å². The Hall–Kier alpha value is -1.54. The molecule has 346 valence electrons. The van der Waals surface area contributed by atoms with Crippen LogP contribution in [0, 0.1) is 11.8 Å². The first kappa shape index (κ1) is 56.5. The summed E-state index contributed by atoms with van der Waals surface area (Å²) in [6.07, 6.45) is 39.2. The van der Waals surface area contributed by atoms with Crippen LogP contribution >= 0.6 is 0 Å². The van der Waals surface area contributed by atoms with E-state index in [1.807, 2.05) is 0 Å². The number of aliphatic hydroxyl groups excluding tert-OH is 1. The lowest BCUT2D eigenvalue weighted by Gasteiger charge is -2.22. The molecule has 8 nitrogen and oxygen atoms in total. The lowest BCUT2D eigenvalue weighted by Crippen LogP contribution is -2.27. The van der Waals surface area contributed by atoms with Crippen molar-refractivity contribution in [1.29, 1.82) is 0 Å². The topological polar surface area (TPSA) is 94.5 Å². The van der Waals surface area contributed by atoms with E-state index in [4.69, 9.17) is 18.9 Å². The monoisotopic (exact) mass is 826 g/mol. The molecule has 0 aromatic heterocycles. The molecule has 1 N–H and O–H groups in total. The van der Waals surface area contributed by atoms with Crippen molar-refractivity contribution in [2.24, 2.45) is 11.8 Å². The lowest BCUT2D eigenvalue weighted by molar-refractivity contribution is 0.0399. The fourth-order valence-corrected chi connectivity index (χ4v) is 7.90. The first-order valence-corrected chi connectivity index (χ1v) is 25.4. The van der Waals surface area contributed by atoms with Gasteiger partial charge >= 0.3 is 12.3 Å². The van der Waals surface area contributed by atoms with Gasteiger partial charge in [-0.15, -0.1) is 0 Å². The van der Waals surface area contributed by atoms with Crippen LogP contribution in [0.25, 0.3) is 0 Å². The Labute approximate surface area is 360 Å². The largest absolute Gasteiger partial charge is 0.508 e. The number of rotatable bonds is 46. The van der Waals surface area contributed by atoms with E-state index in [-0.39, 0.29) is 6.61 Å². The highest BCUT2D eigenvalue weighted by atomic mass is 16.7. The molecule has 8 heteroatoms. The van der Waals surface area contributed by atoms with Crippen LogP contribution in [0.5, 0.6) is 0 Å². The minimum atomic E-state index is -0.509. The van der Waals surface area contributed by atoms with Crippen molar-refractivity contribution in [2.75, 3.05) is 52.7 Å². The van der Waals surface area contributed by atoms with Gasteiger partial charge in [0.25, 0.3) is 0 Å². The van der Waals surface area contributed by atoms with Gasteiger partial charge < -0.3 is 29.0 Å². The summed E-state index contributed by atoms with van der Waals surface area (Å²) in [4.78, 5) is 27.4. The number of carbonyl (C=O) groups is 2. The smallest absolute Gasteiger partial charge is 0.434 e. The maximum Gasteiger partial charge on any atom is 0.508 e. The molecule has 0 aliphatic rings. The first-order valence-electron chi connectivity index (χ1n) is 25.4. The highest BCUT2D eigenvalue weighted by Crippen LogP contribution is 2.21. The summed E-state index contributed by atoms with van der Waals surface area (Å²) in [5, 5.41) is 9.22. The summed E-state index contributed by atoms with van der Waals surface area (Å²) in [6.45, 7) is 14.1. The molecule has 0 heterocycles. The Morgan fingerprint density at radius 3 is 1.02 bits per heavy atom. The van der Waals surface area contributed by atoms with Gasteiger partial charge in [-0.2, -0.15) is 0 Å². The average molecular weight is 826 g/mol. The second kappa shape index (κ2) is 46.5. The van der Waals surface area contributed by atoms with E-state index < -0.39 is 12.3 Å². The zero-order chi connectivity index (χ0) is 42.4. The fraction of sp³-hybridized carbons (Fsp3) is 0.960. The van der Waals surface area contributed by atoms with E-state index in [1.54, 1.807) is 0 Å². The van der Waals surface area contributed by atoms with Crippen molar-refractivity contribution in [3.8, 4) is 0 Å². The molecule has 0 bridgehead atoms. The summed E-state index contributed by atoms with van der Waals surface area (Å²) < 4.78 is 22.2. The maximum absolute atomic E-state index is 12.4. The van der Waals surface area contributed by atoms with E-state index >= 15 is 0 Å². The zero-order valence-electron chi connectivity index (χ0n) is 39.2. The third-order valence-electron chi connectivity index (χ3n) is 11.8. The van der Waals surface area contributed by atoms with Gasteiger partial charge in [-0.25, -0.2) is 9.59 Å². The highest BCUT2D eigenvalue weighted by molar-refractivity contribution is 5.60. The molecule has 0 amide bonds. The van der Waals surface area contributed by atoms with E-state index in [2.05, 4.69) is 32.6 Å². The van der Waals surface area contributed by atoms with Crippen LogP contribution < -0.4 is 0 Å². The van der Waals surface area contributed by atoms with Crippen molar-refractivity contribution < 1.29 is 33.6 Å². The first-order chi connectivity index (χ1) is 28.5. The second-order valence-electron chi connectivity index (χ2n) is 17.5. The van der Waals surface area contributed by atoms with Crippen molar-refractivity contribution in [3.63, 3.8) is 0 Å². The van der Waals surface area contributed by atoms with Crippen LogP contribution in [0.2, 0.25) is 0 Å². The molecule has 0 spiro atoms. The van der Waals surface area contributed by atoms with Gasteiger partial charge in [0.15, 0.2) is 0 Å². The van der Waals surface area contributed by atoms with Crippen LogP contribution in [0.4, 0.5) is 9.59 Å². The lowest BCUT2D eigenvalue weighted by atomic mass is 9.95. The van der Waals surface area contributed by atoms with Crippen molar-refractivity contribution >= 4 is 12.3 Å². The Morgan fingerprint density at radius 1 is 0.379 bits per heavy atom. The van der Waals surface area contributed by atoms with Gasteiger partial charge in [-0.05, 0) is 115 Å². The summed E-state index contributed by atoms with van der Waals surface area (Å²) >= 11 is 0. The number of hydrogen-bond donors (Lipinski definition) is 1. The van der Waals surface area contributed by atoms with Crippen molar-refractivity contribution in [2.45, 2.75) is 246 Å². The molecule has 2 unspecified atom stereocenters. The van der Waals surface area contributed by atoms with E-state index in [1.165, 1.54) is 135 Å². The minimum Gasteiger partial charge on any atom is -0.434 e. The van der Waals surface area contributed by atoms with Crippen molar-refractivity contribution in [1.82, 2.24) is 4.90 Å². The van der Waals surface area contributed by atoms with Gasteiger partial charge in [0.05, 0.1) is 26.4 Å². The quantitative estimate of drug-likeness (QED) is 0.0479. The van der Waals surface area contributed by atoms with E-state index in [0.29, 0.717) is 38.3 Å². The summed E-state index contributed by atoms with van der Waals surface area (Å²) in [7, 11) is 0. The zero-order valence-corrected chi connectivity index (χ0v) is 39.2. The molecular formula is C50H99NO7. The number of carbonyl (C=O) groups excluding carboxylic acids is 2. The number of unbranched alkanes of at least 4 members (excludes halogenated alkanes) is 23. The maximum atomic E-state index is 12.4. The molecule has 0 saturated carbocycles. The van der Waals surface area contributed by atoms with Crippen molar-refractivity contribution in [3.05, 3.63) is 0 Å². The SMILES string of the molecule is CCCCCCCCC(CCCCCC)COC(=O)OCCCCCN(CCCCCO)CCCCCOC(=O)OCC(CCCCCCC)CCCCCCCC. The Morgan fingerprint density at radius 2 is 0.672 bits per heavy atom. The minimum absolute atomic E-state index is 0.252. The Balaban J connectivity index is 4.38. The molecule has 0 aliphatic carbocycles. The third kappa shape index (κ3) is 41.2. The average Bonchev–Trinajstić information content (AvgIpc) is 3.23. The van der Waals surface area contributed by atoms with E-state index in [9.17, 15) is 14.7 Å². The Kier molecular flexibility index (Phi) is 45.3. The molecular weight excluding hydrogens is 727 g/mol. The molecule has 0 aliphatic heterocycles.